The van der Waals surface area contributed by atoms with Crippen molar-refractivity contribution in [2.75, 3.05) is 12.3 Å². The number of hydrogen-bond acceptors (Lipinski definition) is 3. The number of carbonyl (C=O) groups excluding carboxylic acids is 1. The number of alkyl halides is 2. The molecule has 3 nitrogen and oxygen atoms in total. The second kappa shape index (κ2) is 10.5. The molecule has 2 aromatic rings. The Morgan fingerprint density at radius 1 is 1.12 bits per heavy atom. The van der Waals surface area contributed by atoms with Crippen LogP contribution in [0.15, 0.2) is 60.7 Å². The second-order valence-electron chi connectivity index (χ2n) is 5.11. The lowest BCUT2D eigenvalue weighted by molar-refractivity contribution is -0.116. The lowest BCUT2D eigenvalue weighted by atomic mass is 10.2. The average molecular weight is 363 g/mol. The largest absolute Gasteiger partial charge is 0.435 e. The molecule has 0 aliphatic rings. The van der Waals surface area contributed by atoms with E-state index in [1.54, 1.807) is 30.0 Å². The second-order valence-corrected chi connectivity index (χ2v) is 6.22. The van der Waals surface area contributed by atoms with Crippen molar-refractivity contribution < 1.29 is 18.3 Å². The summed E-state index contributed by atoms with van der Waals surface area (Å²) in [6, 6.07) is 16.2. The summed E-state index contributed by atoms with van der Waals surface area (Å²) in [6.07, 6.45) is 3.05. The van der Waals surface area contributed by atoms with Gasteiger partial charge >= 0.3 is 6.61 Å². The third-order valence-electron chi connectivity index (χ3n) is 3.19. The number of hydrogen-bond donors (Lipinski definition) is 1. The number of carbonyl (C=O) groups is 1. The highest BCUT2D eigenvalue weighted by molar-refractivity contribution is 7.98. The lowest BCUT2D eigenvalue weighted by Gasteiger charge is -2.04. The number of amides is 1. The fraction of sp³-hybridized carbons (Fsp3) is 0.211. The molecular formula is C19H19F2NO2S. The number of thioether (sulfide) groups is 1. The van der Waals surface area contributed by atoms with Gasteiger partial charge in [-0.2, -0.15) is 20.5 Å². The topological polar surface area (TPSA) is 38.3 Å². The molecule has 2 aromatic carbocycles. The Kier molecular flexibility index (Phi) is 7.98. The van der Waals surface area contributed by atoms with E-state index >= 15 is 0 Å². The van der Waals surface area contributed by atoms with Gasteiger partial charge in [-0.3, -0.25) is 4.79 Å². The molecular weight excluding hydrogens is 344 g/mol. The zero-order valence-electron chi connectivity index (χ0n) is 13.5. The molecule has 0 fully saturated rings. The van der Waals surface area contributed by atoms with E-state index in [2.05, 4.69) is 22.2 Å². The highest BCUT2D eigenvalue weighted by Gasteiger charge is 2.03. The van der Waals surface area contributed by atoms with E-state index in [1.807, 2.05) is 18.2 Å². The number of rotatable bonds is 9. The standard InChI is InChI=1S/C19H19F2NO2S/c20-19(21)24-17-9-6-15(7-10-17)8-11-18(23)22-12-13-25-14-16-4-2-1-3-5-16/h1-11,19H,12-14H2,(H,22,23)/b11-8+. The van der Waals surface area contributed by atoms with E-state index in [-0.39, 0.29) is 11.7 Å². The third kappa shape index (κ3) is 7.85. The summed E-state index contributed by atoms with van der Waals surface area (Å²) in [5.74, 6) is 1.65. The fourth-order valence-corrected chi connectivity index (χ4v) is 2.82. The van der Waals surface area contributed by atoms with E-state index in [4.69, 9.17) is 0 Å². The average Bonchev–Trinajstić information content (AvgIpc) is 2.61. The Morgan fingerprint density at radius 3 is 2.52 bits per heavy atom. The maximum absolute atomic E-state index is 12.1. The first kappa shape index (κ1) is 19.0. The molecule has 0 saturated carbocycles. The summed E-state index contributed by atoms with van der Waals surface area (Å²) in [5.41, 5.74) is 1.99. The molecule has 0 aliphatic heterocycles. The summed E-state index contributed by atoms with van der Waals surface area (Å²) in [7, 11) is 0. The van der Waals surface area contributed by atoms with Gasteiger partial charge in [0.2, 0.25) is 5.91 Å². The molecule has 0 atom stereocenters. The molecule has 6 heteroatoms. The maximum atomic E-state index is 12.1. The molecule has 1 N–H and O–H groups in total. The molecule has 0 unspecified atom stereocenters. The first-order valence-electron chi connectivity index (χ1n) is 7.76. The molecule has 25 heavy (non-hydrogen) atoms. The Bertz CT molecular complexity index is 676. The van der Waals surface area contributed by atoms with Crippen LogP contribution in [0.3, 0.4) is 0 Å². The molecule has 0 bridgehead atoms. The molecule has 0 heterocycles. The number of nitrogens with one attached hydrogen (secondary N) is 1. The van der Waals surface area contributed by atoms with Crippen molar-refractivity contribution in [3.8, 4) is 5.75 Å². The van der Waals surface area contributed by atoms with Crippen molar-refractivity contribution in [2.24, 2.45) is 0 Å². The minimum Gasteiger partial charge on any atom is -0.435 e. The van der Waals surface area contributed by atoms with Crippen molar-refractivity contribution in [1.29, 1.82) is 0 Å². The Hall–Kier alpha value is -2.34. The van der Waals surface area contributed by atoms with Gasteiger partial charge in [-0.05, 0) is 29.3 Å². The highest BCUT2D eigenvalue weighted by atomic mass is 32.2. The van der Waals surface area contributed by atoms with Crippen LogP contribution < -0.4 is 10.1 Å². The predicted octanol–water partition coefficient (Wildman–Crippen LogP) is 4.35. The highest BCUT2D eigenvalue weighted by Crippen LogP contribution is 2.15. The zero-order valence-corrected chi connectivity index (χ0v) is 14.3. The van der Waals surface area contributed by atoms with Gasteiger partial charge in [0.25, 0.3) is 0 Å². The Labute approximate surface area is 150 Å². The molecule has 2 rings (SSSR count). The first-order chi connectivity index (χ1) is 12.1. The minimum atomic E-state index is -2.84. The third-order valence-corrected chi connectivity index (χ3v) is 4.22. The summed E-state index contributed by atoms with van der Waals surface area (Å²) < 4.78 is 28.4. The van der Waals surface area contributed by atoms with Crippen LogP contribution in [0.25, 0.3) is 6.08 Å². The van der Waals surface area contributed by atoms with Crippen LogP contribution in [0.4, 0.5) is 8.78 Å². The molecule has 132 valence electrons. The van der Waals surface area contributed by atoms with E-state index in [0.717, 1.165) is 17.1 Å². The van der Waals surface area contributed by atoms with Crippen LogP contribution in [0.1, 0.15) is 11.1 Å². The van der Waals surface area contributed by atoms with Crippen LogP contribution >= 0.6 is 11.8 Å². The summed E-state index contributed by atoms with van der Waals surface area (Å²) in [6.45, 7) is -2.26. The maximum Gasteiger partial charge on any atom is 0.387 e. The van der Waals surface area contributed by atoms with Gasteiger partial charge in [-0.1, -0.05) is 42.5 Å². The zero-order chi connectivity index (χ0) is 17.9. The SMILES string of the molecule is O=C(/C=C/c1ccc(OC(F)F)cc1)NCCSCc1ccccc1. The quantitative estimate of drug-likeness (QED) is 0.532. The van der Waals surface area contributed by atoms with Crippen LogP contribution in [0.5, 0.6) is 5.75 Å². The summed E-state index contributed by atoms with van der Waals surface area (Å²) >= 11 is 1.76. The van der Waals surface area contributed by atoms with Crippen LogP contribution in [-0.4, -0.2) is 24.8 Å². The van der Waals surface area contributed by atoms with E-state index in [9.17, 15) is 13.6 Å². The van der Waals surface area contributed by atoms with Crippen molar-refractivity contribution in [3.63, 3.8) is 0 Å². The van der Waals surface area contributed by atoms with E-state index < -0.39 is 6.61 Å². The van der Waals surface area contributed by atoms with Gasteiger partial charge in [-0.25, -0.2) is 0 Å². The lowest BCUT2D eigenvalue weighted by Crippen LogP contribution is -2.23. The summed E-state index contributed by atoms with van der Waals surface area (Å²) in [4.78, 5) is 11.7. The van der Waals surface area contributed by atoms with Crippen molar-refractivity contribution >= 4 is 23.7 Å². The van der Waals surface area contributed by atoms with Crippen molar-refractivity contribution in [2.45, 2.75) is 12.4 Å². The molecule has 1 amide bonds. The predicted molar refractivity (Wildman–Crippen MR) is 97.7 cm³/mol. The van der Waals surface area contributed by atoms with Gasteiger partial charge in [0.05, 0.1) is 0 Å². The van der Waals surface area contributed by atoms with E-state index in [0.29, 0.717) is 6.54 Å². The van der Waals surface area contributed by atoms with Gasteiger partial charge < -0.3 is 10.1 Å². The molecule has 0 aliphatic carbocycles. The van der Waals surface area contributed by atoms with Gasteiger partial charge in [0.1, 0.15) is 5.75 Å². The van der Waals surface area contributed by atoms with Crippen LogP contribution in [-0.2, 0) is 10.5 Å². The smallest absolute Gasteiger partial charge is 0.387 e. The van der Waals surface area contributed by atoms with Crippen LogP contribution in [0, 0.1) is 0 Å². The van der Waals surface area contributed by atoms with Crippen LogP contribution in [0.2, 0.25) is 0 Å². The fourth-order valence-electron chi connectivity index (χ4n) is 2.00. The molecule has 0 aromatic heterocycles. The Morgan fingerprint density at radius 2 is 1.84 bits per heavy atom. The minimum absolute atomic E-state index is 0.0899. The number of ether oxygens (including phenoxy) is 1. The monoisotopic (exact) mass is 363 g/mol. The molecule has 0 radical (unpaired) electrons. The van der Waals surface area contributed by atoms with Gasteiger partial charge in [-0.15, -0.1) is 0 Å². The van der Waals surface area contributed by atoms with E-state index in [1.165, 1.54) is 23.8 Å². The number of halogens is 2. The Balaban J connectivity index is 1.65. The first-order valence-corrected chi connectivity index (χ1v) is 8.91. The number of benzene rings is 2. The van der Waals surface area contributed by atoms with Crippen molar-refractivity contribution in [1.82, 2.24) is 5.32 Å². The van der Waals surface area contributed by atoms with Gasteiger partial charge in [0, 0.05) is 24.1 Å². The van der Waals surface area contributed by atoms with Gasteiger partial charge in [0.15, 0.2) is 0 Å². The normalized spacial score (nSPS) is 11.0. The molecule has 0 spiro atoms. The summed E-state index contributed by atoms with van der Waals surface area (Å²) in [5, 5.41) is 2.81. The van der Waals surface area contributed by atoms with Crippen molar-refractivity contribution in [3.05, 3.63) is 71.8 Å². The molecule has 0 saturated heterocycles.